The lowest BCUT2D eigenvalue weighted by Crippen LogP contribution is -2.52. The minimum absolute atomic E-state index is 0.209. The molecule has 1 saturated carbocycles. The molecule has 3 aliphatic rings. The minimum atomic E-state index is -3.21. The number of benzene rings is 1. The highest BCUT2D eigenvalue weighted by atomic mass is 32.2. The summed E-state index contributed by atoms with van der Waals surface area (Å²) < 4.78 is 33.9. The van der Waals surface area contributed by atoms with Gasteiger partial charge in [-0.1, -0.05) is 19.3 Å². The van der Waals surface area contributed by atoms with Gasteiger partial charge in [0, 0.05) is 31.5 Å². The molecule has 8 heteroatoms. The fourth-order valence-electron chi connectivity index (χ4n) is 4.80. The van der Waals surface area contributed by atoms with Crippen LogP contribution < -0.4 is 10.2 Å². The largest absolute Gasteiger partial charge is 0.487 e. The number of ether oxygens (including phenoxy) is 1. The van der Waals surface area contributed by atoms with Crippen LogP contribution >= 0.6 is 0 Å². The van der Waals surface area contributed by atoms with E-state index in [1.165, 1.54) is 0 Å². The van der Waals surface area contributed by atoms with E-state index >= 15 is 0 Å². The SMILES string of the molecule is O=C(NO)c1ccc2c(c1)CCC1(CCN(S(=O)(=O)C3CCCCC3)CC1)O2. The first-order valence-electron chi connectivity index (χ1n) is 10.2. The Kier molecular flexibility index (Phi) is 5.37. The molecular formula is C20H28N2O5S. The maximum absolute atomic E-state index is 13.0. The van der Waals surface area contributed by atoms with Crippen LogP contribution in [0.15, 0.2) is 18.2 Å². The van der Waals surface area contributed by atoms with Gasteiger partial charge in [-0.05, 0) is 49.4 Å². The zero-order valence-corrected chi connectivity index (χ0v) is 16.8. The van der Waals surface area contributed by atoms with Crippen molar-refractivity contribution in [1.82, 2.24) is 9.79 Å². The van der Waals surface area contributed by atoms with E-state index in [0.717, 1.165) is 56.3 Å². The number of hydrogen-bond acceptors (Lipinski definition) is 5. The molecule has 1 amide bonds. The molecule has 2 N–H and O–H groups in total. The summed E-state index contributed by atoms with van der Waals surface area (Å²) in [6.45, 7) is 1.03. The van der Waals surface area contributed by atoms with Gasteiger partial charge in [0.05, 0.1) is 5.25 Å². The van der Waals surface area contributed by atoms with E-state index in [0.29, 0.717) is 31.5 Å². The second-order valence-corrected chi connectivity index (χ2v) is 10.5. The lowest BCUT2D eigenvalue weighted by Gasteiger charge is -2.45. The van der Waals surface area contributed by atoms with Gasteiger partial charge >= 0.3 is 0 Å². The van der Waals surface area contributed by atoms with Gasteiger partial charge in [0.2, 0.25) is 10.0 Å². The second-order valence-electron chi connectivity index (χ2n) is 8.25. The van der Waals surface area contributed by atoms with Gasteiger partial charge in [0.1, 0.15) is 11.4 Å². The first-order valence-corrected chi connectivity index (χ1v) is 11.7. The molecule has 1 aromatic carbocycles. The summed E-state index contributed by atoms with van der Waals surface area (Å²) in [5.74, 6) is 0.216. The van der Waals surface area contributed by atoms with Crippen molar-refractivity contribution in [3.05, 3.63) is 29.3 Å². The number of piperidine rings is 1. The van der Waals surface area contributed by atoms with Gasteiger partial charge in [-0.25, -0.2) is 18.2 Å². The van der Waals surface area contributed by atoms with Gasteiger partial charge in [-0.3, -0.25) is 10.0 Å². The zero-order valence-electron chi connectivity index (χ0n) is 16.0. The average Bonchev–Trinajstić information content (AvgIpc) is 2.74. The summed E-state index contributed by atoms with van der Waals surface area (Å²) in [7, 11) is -3.21. The van der Waals surface area contributed by atoms with Crippen LogP contribution in [0.1, 0.15) is 67.3 Å². The van der Waals surface area contributed by atoms with Crippen molar-refractivity contribution < 1.29 is 23.2 Å². The quantitative estimate of drug-likeness (QED) is 0.592. The predicted octanol–water partition coefficient (Wildman–Crippen LogP) is 2.63. The first kappa shape index (κ1) is 19.7. The molecule has 0 unspecified atom stereocenters. The second kappa shape index (κ2) is 7.65. The number of sulfonamides is 1. The summed E-state index contributed by atoms with van der Waals surface area (Å²) in [6.07, 6.45) is 7.71. The van der Waals surface area contributed by atoms with Crippen LogP contribution in [-0.2, 0) is 16.4 Å². The fourth-order valence-corrected chi connectivity index (χ4v) is 6.84. The number of carbonyl (C=O) groups is 1. The fraction of sp³-hybridized carbons (Fsp3) is 0.650. The van der Waals surface area contributed by atoms with Crippen molar-refractivity contribution in [3.63, 3.8) is 0 Å². The average molecular weight is 409 g/mol. The molecule has 2 aliphatic heterocycles. The van der Waals surface area contributed by atoms with E-state index in [9.17, 15) is 13.2 Å². The summed E-state index contributed by atoms with van der Waals surface area (Å²) in [6, 6.07) is 5.15. The van der Waals surface area contributed by atoms with E-state index in [4.69, 9.17) is 9.94 Å². The number of fused-ring (bicyclic) bond motifs is 1. The molecule has 0 bridgehead atoms. The molecule has 0 radical (unpaired) electrons. The van der Waals surface area contributed by atoms with Gasteiger partial charge < -0.3 is 4.74 Å². The molecule has 4 rings (SSSR count). The summed E-state index contributed by atoms with van der Waals surface area (Å²) >= 11 is 0. The molecule has 7 nitrogen and oxygen atoms in total. The molecule has 2 heterocycles. The third kappa shape index (κ3) is 3.65. The van der Waals surface area contributed by atoms with Crippen molar-refractivity contribution in [1.29, 1.82) is 0 Å². The molecule has 0 atom stereocenters. The minimum Gasteiger partial charge on any atom is -0.487 e. The van der Waals surface area contributed by atoms with Crippen LogP contribution in [0, 0.1) is 0 Å². The first-order chi connectivity index (χ1) is 13.4. The number of amides is 1. The maximum atomic E-state index is 13.0. The van der Waals surface area contributed by atoms with E-state index in [1.807, 2.05) is 0 Å². The van der Waals surface area contributed by atoms with Crippen LogP contribution in [0.3, 0.4) is 0 Å². The number of carbonyl (C=O) groups excluding carboxylic acids is 1. The van der Waals surface area contributed by atoms with Crippen LogP contribution in [0.4, 0.5) is 0 Å². The Balaban J connectivity index is 1.43. The van der Waals surface area contributed by atoms with Gasteiger partial charge in [-0.15, -0.1) is 0 Å². The third-order valence-corrected chi connectivity index (χ3v) is 8.97. The normalized spacial score (nSPS) is 23.0. The number of nitrogens with one attached hydrogen (secondary N) is 1. The lowest BCUT2D eigenvalue weighted by atomic mass is 9.83. The molecule has 0 aromatic heterocycles. The van der Waals surface area contributed by atoms with Crippen molar-refractivity contribution >= 4 is 15.9 Å². The van der Waals surface area contributed by atoms with Crippen LogP contribution in [0.5, 0.6) is 5.75 Å². The van der Waals surface area contributed by atoms with Crippen molar-refractivity contribution in [3.8, 4) is 5.75 Å². The standard InChI is InChI=1S/C20H28N2O5S/c23-19(21-24)16-6-7-18-15(14-16)8-9-20(27-18)10-12-22(13-11-20)28(25,26)17-4-2-1-3-5-17/h6-7,14,17,24H,1-5,8-13H2,(H,21,23). The molecular weight excluding hydrogens is 380 g/mol. The number of rotatable bonds is 3. The summed E-state index contributed by atoms with van der Waals surface area (Å²) in [5.41, 5.74) is 2.67. The Morgan fingerprint density at radius 1 is 1.14 bits per heavy atom. The van der Waals surface area contributed by atoms with Gasteiger partial charge in [-0.2, -0.15) is 0 Å². The molecule has 2 fully saturated rings. The number of hydrogen-bond donors (Lipinski definition) is 2. The molecule has 1 aromatic rings. The van der Waals surface area contributed by atoms with Crippen LogP contribution in [0.25, 0.3) is 0 Å². The number of hydroxylamine groups is 1. The zero-order chi connectivity index (χ0) is 19.8. The maximum Gasteiger partial charge on any atom is 0.274 e. The molecule has 1 saturated heterocycles. The smallest absolute Gasteiger partial charge is 0.274 e. The van der Waals surface area contributed by atoms with E-state index in [-0.39, 0.29) is 10.9 Å². The van der Waals surface area contributed by atoms with Crippen molar-refractivity contribution in [2.45, 2.75) is 68.6 Å². The molecule has 1 aliphatic carbocycles. The van der Waals surface area contributed by atoms with Crippen LogP contribution in [0.2, 0.25) is 0 Å². The Morgan fingerprint density at radius 3 is 2.54 bits per heavy atom. The van der Waals surface area contributed by atoms with Gasteiger partial charge in [0.25, 0.3) is 5.91 Å². The highest BCUT2D eigenvalue weighted by Gasteiger charge is 2.43. The van der Waals surface area contributed by atoms with Crippen molar-refractivity contribution in [2.24, 2.45) is 0 Å². The topological polar surface area (TPSA) is 95.9 Å². The Hall–Kier alpha value is -1.64. The molecule has 1 spiro atoms. The molecule has 154 valence electrons. The summed E-state index contributed by atoms with van der Waals surface area (Å²) in [5, 5.41) is 8.58. The molecule has 28 heavy (non-hydrogen) atoms. The predicted molar refractivity (Wildman–Crippen MR) is 104 cm³/mol. The van der Waals surface area contributed by atoms with E-state index in [1.54, 1.807) is 28.0 Å². The van der Waals surface area contributed by atoms with Crippen LogP contribution in [-0.4, -0.2) is 47.8 Å². The number of aryl methyl sites for hydroxylation is 1. The lowest BCUT2D eigenvalue weighted by molar-refractivity contribution is 0.00156. The number of nitrogens with zero attached hydrogens (tertiary/aromatic N) is 1. The monoisotopic (exact) mass is 408 g/mol. The summed E-state index contributed by atoms with van der Waals surface area (Å²) in [4.78, 5) is 11.6. The Labute approximate surface area is 166 Å². The van der Waals surface area contributed by atoms with Crippen molar-refractivity contribution in [2.75, 3.05) is 13.1 Å². The highest BCUT2D eigenvalue weighted by molar-refractivity contribution is 7.89. The Bertz CT molecular complexity index is 840. The van der Waals surface area contributed by atoms with E-state index < -0.39 is 15.9 Å². The van der Waals surface area contributed by atoms with Gasteiger partial charge in [0.15, 0.2) is 0 Å². The van der Waals surface area contributed by atoms with E-state index in [2.05, 4.69) is 0 Å². The Morgan fingerprint density at radius 2 is 1.86 bits per heavy atom. The highest BCUT2D eigenvalue weighted by Crippen LogP contribution is 2.40. The third-order valence-electron chi connectivity index (χ3n) is 6.57.